The third-order valence-corrected chi connectivity index (χ3v) is 18.5. The molecule has 504 valence electrons. The second-order valence-corrected chi connectivity index (χ2v) is 29.2. The summed E-state index contributed by atoms with van der Waals surface area (Å²) >= 11 is 5.11. The Morgan fingerprint density at radius 3 is 1.61 bits per heavy atom. The highest BCUT2D eigenvalue weighted by molar-refractivity contribution is 6.63. The number of hydrogen-bond acceptors (Lipinski definition) is 19. The molecule has 0 radical (unpaired) electrons. The van der Waals surface area contributed by atoms with Crippen LogP contribution in [0.4, 0.5) is 30.6 Å². The van der Waals surface area contributed by atoms with E-state index in [0.29, 0.717) is 100 Å². The summed E-state index contributed by atoms with van der Waals surface area (Å²) in [5, 5.41) is 66.2. The Morgan fingerprint density at radius 2 is 1.15 bits per heavy atom. The normalized spacial score (nSPS) is 19.1. The minimum Gasteiger partial charge on any atom is -0.444 e. The van der Waals surface area contributed by atoms with Crippen molar-refractivity contribution in [2.24, 2.45) is 28.6 Å². The van der Waals surface area contributed by atoms with Gasteiger partial charge in [-0.3, -0.25) is 19.7 Å². The number of carbonyl (C=O) groups is 2. The Bertz CT molecular complexity index is 4440. The number of benzene rings is 2. The van der Waals surface area contributed by atoms with E-state index in [1.54, 1.807) is 52.1 Å². The van der Waals surface area contributed by atoms with E-state index in [9.17, 15) is 39.4 Å². The summed E-state index contributed by atoms with van der Waals surface area (Å²) in [6.07, 6.45) is 12.8. The summed E-state index contributed by atoms with van der Waals surface area (Å²) in [4.78, 5) is 43.1. The second-order valence-electron chi connectivity index (χ2n) is 28.8. The van der Waals surface area contributed by atoms with Gasteiger partial charge in [0.05, 0.1) is 79.9 Å². The smallest absolute Gasteiger partial charge is 0.415 e. The maximum atomic E-state index is 14.4. The lowest BCUT2D eigenvalue weighted by Gasteiger charge is -2.61. The van der Waals surface area contributed by atoms with Crippen LogP contribution in [0.5, 0.6) is 0 Å². The van der Waals surface area contributed by atoms with E-state index in [-0.39, 0.29) is 62.4 Å². The Labute approximate surface area is 568 Å². The third kappa shape index (κ3) is 15.3. The summed E-state index contributed by atoms with van der Waals surface area (Å²) in [6.45, 7) is 21.5. The number of aryl methyl sites for hydroxylation is 2. The van der Waals surface area contributed by atoms with Gasteiger partial charge in [-0.25, -0.2) is 24.1 Å². The molecule has 6 fully saturated rings. The molecule has 1 amide bonds. The fourth-order valence-corrected chi connectivity index (χ4v) is 13.6. The highest BCUT2D eigenvalue weighted by Crippen LogP contribution is 2.63. The predicted molar refractivity (Wildman–Crippen MR) is 361 cm³/mol. The van der Waals surface area contributed by atoms with Crippen molar-refractivity contribution in [3.8, 4) is 24.3 Å². The zero-order valence-corrected chi connectivity index (χ0v) is 57.5. The number of hydrogen-bond donors (Lipinski definition) is 2. The van der Waals surface area contributed by atoms with Crippen LogP contribution in [0.25, 0.3) is 21.8 Å². The van der Waals surface area contributed by atoms with Gasteiger partial charge in [-0.1, -0.05) is 71.0 Å². The van der Waals surface area contributed by atoms with Gasteiger partial charge in [0, 0.05) is 92.6 Å². The van der Waals surface area contributed by atoms with Crippen LogP contribution in [0.2, 0.25) is 0 Å². The van der Waals surface area contributed by atoms with Crippen molar-refractivity contribution in [2.45, 2.75) is 150 Å². The van der Waals surface area contributed by atoms with Gasteiger partial charge >= 0.3 is 6.09 Å². The first kappa shape index (κ1) is 70.2. The van der Waals surface area contributed by atoms with Crippen LogP contribution in [-0.4, -0.2) is 108 Å². The lowest BCUT2D eigenvalue weighted by molar-refractivity contribution is -0.112. The van der Waals surface area contributed by atoms with Crippen LogP contribution in [0, 0.1) is 99.7 Å². The number of amides is 1. The van der Waals surface area contributed by atoms with Gasteiger partial charge in [0.25, 0.3) is 0 Å². The number of anilines is 3. The second kappa shape index (κ2) is 28.6. The van der Waals surface area contributed by atoms with Crippen molar-refractivity contribution in [3.63, 3.8) is 0 Å². The Hall–Kier alpha value is -9.59. The summed E-state index contributed by atoms with van der Waals surface area (Å²) < 4.78 is 48.2. The number of halogens is 3. The zero-order chi connectivity index (χ0) is 69.9. The molecule has 0 aliphatic heterocycles. The molecular weight excluding hydrogens is 1260 g/mol. The molecule has 0 saturated heterocycles. The van der Waals surface area contributed by atoms with Gasteiger partial charge in [-0.15, -0.1) is 10.2 Å². The Morgan fingerprint density at radius 1 is 0.680 bits per heavy atom. The number of nitriles is 4. The Balaban J connectivity index is 0.000000189. The molecule has 6 heterocycles. The molecular formula is C72H80ClF2N17O5. The SMILES string of the molecule is COC[C@@H](C)CC(=O)Cl.COC[C@@H](C)OC(=O)N(c1cc(C#N)c2ncc(C#N)c(NCC(C)(C)C)c2c1)C(c1cn(C23CC(C2)C3)nn1)c1ccc(F)nc1C.Cc1nc(F)ccc1C(Cc1cc(C#N)c2ncc(C#N)c(NCC(C)(C)C)c2c1)c1cn(C23CC(C2)C3)nn1. The number of rotatable bonds is 21. The van der Waals surface area contributed by atoms with Gasteiger partial charge in [0.15, 0.2) is 0 Å². The lowest BCUT2D eigenvalue weighted by Crippen LogP contribution is -2.59. The van der Waals surface area contributed by atoms with Crippen molar-refractivity contribution in [2.75, 3.05) is 56.1 Å². The first-order chi connectivity index (χ1) is 46.1. The van der Waals surface area contributed by atoms with Gasteiger partial charge in [0.2, 0.25) is 17.1 Å². The topological polar surface area (TPSA) is 297 Å². The molecule has 22 nitrogen and oxygen atoms in total. The molecule has 0 spiro atoms. The largest absolute Gasteiger partial charge is 0.444 e. The van der Waals surface area contributed by atoms with Crippen LogP contribution >= 0.6 is 11.6 Å². The molecule has 25 heteroatoms. The highest BCUT2D eigenvalue weighted by atomic mass is 35.5. The molecule has 6 aliphatic carbocycles. The summed E-state index contributed by atoms with van der Waals surface area (Å²) in [6, 6.07) is 21.0. The molecule has 2 unspecified atom stereocenters. The fourth-order valence-electron chi connectivity index (χ4n) is 13.3. The molecule has 2 N–H and O–H groups in total. The van der Waals surface area contributed by atoms with Crippen molar-refractivity contribution in [3.05, 3.63) is 147 Å². The Kier molecular flexibility index (Phi) is 20.7. The lowest BCUT2D eigenvalue weighted by atomic mass is 9.50. The molecule has 97 heavy (non-hydrogen) atoms. The van der Waals surface area contributed by atoms with E-state index in [2.05, 4.69) is 117 Å². The number of methoxy groups -OCH3 is 2. The van der Waals surface area contributed by atoms with E-state index < -0.39 is 30.1 Å². The van der Waals surface area contributed by atoms with E-state index in [1.807, 2.05) is 40.8 Å². The third-order valence-electron chi connectivity index (χ3n) is 18.4. The molecule has 6 saturated carbocycles. The molecule has 4 bridgehead atoms. The van der Waals surface area contributed by atoms with Crippen LogP contribution in [0.3, 0.4) is 0 Å². The van der Waals surface area contributed by atoms with Gasteiger partial charge in [0.1, 0.15) is 42.1 Å². The van der Waals surface area contributed by atoms with Crippen molar-refractivity contribution in [1.82, 2.24) is 49.9 Å². The maximum absolute atomic E-state index is 14.4. The van der Waals surface area contributed by atoms with Crippen LogP contribution < -0.4 is 15.5 Å². The summed E-state index contributed by atoms with van der Waals surface area (Å²) in [5.41, 5.74) is 7.88. The first-order valence-corrected chi connectivity index (χ1v) is 32.8. The molecule has 6 aromatic heterocycles. The monoisotopic (exact) mass is 1340 g/mol. The number of nitrogens with one attached hydrogen (secondary N) is 2. The molecule has 6 aliphatic rings. The molecule has 4 atom stereocenters. The van der Waals surface area contributed by atoms with Crippen molar-refractivity contribution >= 4 is 61.8 Å². The van der Waals surface area contributed by atoms with Gasteiger partial charge < -0.3 is 24.8 Å². The summed E-state index contributed by atoms with van der Waals surface area (Å²) in [7, 11) is 3.12. The molecule has 2 aromatic carbocycles. The minimum atomic E-state index is -0.983. The number of pyridine rings is 4. The predicted octanol–water partition coefficient (Wildman–Crippen LogP) is 13.3. The number of nitrogens with zero attached hydrogens (tertiary/aromatic N) is 15. The summed E-state index contributed by atoms with van der Waals surface area (Å²) in [5.74, 6) is 0.288. The average Bonchev–Trinajstić information content (AvgIpc) is 1.59. The maximum Gasteiger partial charge on any atom is 0.415 e. The standard InChI is InChI=1S/C35H38FN9O3.C31H31FN8.C6H11ClO2/c1-20(18-47-6)48-33(46)45(25-9-23(14-37)30-27(10-25)31(24(15-38)16-39-30)40-19-34(3,4)5)32(26-7-8-29(36)41-21(26)2)28-17-44(43-42-28)35-11-22(12-35)13-35;1-18-23(5-6-27(32)37-18)24(26-16-40(39-38-26)31-10-20(11-31)12-31)8-19-7-21(13-33)28-25(9-19)29(22(14-34)15-35-28)36-17-30(2,3)4;1-5(4-9-2)3-6(7)8/h7-10,16-17,20,22,32H,11-13,18-19H2,1-6H3,(H,39,40);5-7,9,15-16,20,24H,8,10-12,17H2,1-4H3,(H,35,36);5H,3-4H2,1-2H3/t20-,22?,32?,35?;;5-/m1.0/s1. The molecule has 8 aromatic rings. The minimum absolute atomic E-state index is 0.0254. The number of aromatic nitrogens is 10. The van der Waals surface area contributed by atoms with Crippen LogP contribution in [0.15, 0.2) is 73.3 Å². The fraction of sp³-hybridized carbons (Fsp3) is 0.472. The first-order valence-electron chi connectivity index (χ1n) is 32.4. The van der Waals surface area contributed by atoms with E-state index >= 15 is 0 Å². The van der Waals surface area contributed by atoms with Crippen LogP contribution in [0.1, 0.15) is 174 Å². The van der Waals surface area contributed by atoms with E-state index in [0.717, 1.165) is 66.6 Å². The van der Waals surface area contributed by atoms with E-state index in [1.165, 1.54) is 36.5 Å². The molecule has 14 rings (SSSR count). The zero-order valence-electron chi connectivity index (χ0n) is 56.8. The average molecular weight is 1340 g/mol. The number of ether oxygens (including phenoxy) is 3. The van der Waals surface area contributed by atoms with Crippen molar-refractivity contribution < 1.29 is 32.6 Å². The number of carbonyl (C=O) groups excluding carboxylic acids is 2. The quantitative estimate of drug-likeness (QED) is 0.0499. The van der Waals surface area contributed by atoms with Crippen LogP contribution in [-0.2, 0) is 36.5 Å². The van der Waals surface area contributed by atoms with E-state index in [4.69, 9.17) is 25.8 Å². The number of fused-ring (bicyclic) bond motifs is 2. The van der Waals surface area contributed by atoms with Gasteiger partial charge in [-0.05, 0) is 153 Å². The van der Waals surface area contributed by atoms with Crippen molar-refractivity contribution in [1.29, 1.82) is 21.0 Å². The highest BCUT2D eigenvalue weighted by Gasteiger charge is 2.60. The van der Waals surface area contributed by atoms with Gasteiger partial charge in [-0.2, -0.15) is 29.8 Å².